The van der Waals surface area contributed by atoms with Crippen LogP contribution in [0.4, 0.5) is 0 Å². The van der Waals surface area contributed by atoms with Gasteiger partial charge in [-0.2, -0.15) is 0 Å². The van der Waals surface area contributed by atoms with Gasteiger partial charge in [0, 0.05) is 25.3 Å². The Morgan fingerprint density at radius 3 is 2.48 bits per heavy atom. The largest absolute Gasteiger partial charge is 0.338 e. The summed E-state index contributed by atoms with van der Waals surface area (Å²) in [4.78, 5) is 43.2. The van der Waals surface area contributed by atoms with Crippen molar-refractivity contribution in [2.45, 2.75) is 25.8 Å². The van der Waals surface area contributed by atoms with Gasteiger partial charge in [-0.3, -0.25) is 14.6 Å². The Morgan fingerprint density at radius 1 is 1.33 bits per heavy atom. The zero-order chi connectivity index (χ0) is 15.6. The SMILES string of the molecule is C[C@H](C1CCN(C(=O)c2c[nH]c(=O)[nH]c2=O)CC1)N(C)C. The lowest BCUT2D eigenvalue weighted by molar-refractivity contribution is 0.0639. The molecule has 0 radical (unpaired) electrons. The molecule has 2 heterocycles. The van der Waals surface area contributed by atoms with Crippen LogP contribution in [0.15, 0.2) is 15.8 Å². The number of aromatic amines is 2. The normalized spacial score (nSPS) is 18.0. The molecule has 1 aromatic heterocycles. The first kappa shape index (κ1) is 15.5. The lowest BCUT2D eigenvalue weighted by Crippen LogP contribution is -2.45. The molecule has 1 saturated heterocycles. The molecule has 0 aromatic carbocycles. The molecule has 0 unspecified atom stereocenters. The third-order valence-corrected chi connectivity index (χ3v) is 4.37. The molecular formula is C14H22N4O3. The summed E-state index contributed by atoms with van der Waals surface area (Å²) in [5.41, 5.74) is -1.24. The lowest BCUT2D eigenvalue weighted by atomic mass is 9.89. The second kappa shape index (κ2) is 6.26. The van der Waals surface area contributed by atoms with Crippen LogP contribution in [-0.2, 0) is 0 Å². The number of nitrogens with one attached hydrogen (secondary N) is 2. The van der Waals surface area contributed by atoms with Crippen molar-refractivity contribution in [3.05, 3.63) is 32.6 Å². The van der Waals surface area contributed by atoms with Crippen molar-refractivity contribution in [1.82, 2.24) is 19.8 Å². The fourth-order valence-electron chi connectivity index (χ4n) is 2.75. The van der Waals surface area contributed by atoms with Crippen LogP contribution in [0.5, 0.6) is 0 Å². The van der Waals surface area contributed by atoms with Crippen molar-refractivity contribution in [3.63, 3.8) is 0 Å². The van der Waals surface area contributed by atoms with Crippen molar-refractivity contribution in [2.75, 3.05) is 27.2 Å². The van der Waals surface area contributed by atoms with E-state index in [1.54, 1.807) is 4.90 Å². The van der Waals surface area contributed by atoms with Gasteiger partial charge in [-0.1, -0.05) is 0 Å². The van der Waals surface area contributed by atoms with Crippen LogP contribution in [0.2, 0.25) is 0 Å². The number of piperidine rings is 1. The summed E-state index contributed by atoms with van der Waals surface area (Å²) < 4.78 is 0. The van der Waals surface area contributed by atoms with E-state index >= 15 is 0 Å². The van der Waals surface area contributed by atoms with Gasteiger partial charge in [0.25, 0.3) is 11.5 Å². The molecule has 116 valence electrons. The number of aromatic nitrogens is 2. The van der Waals surface area contributed by atoms with E-state index in [-0.39, 0.29) is 11.5 Å². The number of carbonyl (C=O) groups excluding carboxylic acids is 1. The van der Waals surface area contributed by atoms with Crippen LogP contribution in [0.3, 0.4) is 0 Å². The average Bonchev–Trinajstić information content (AvgIpc) is 2.46. The van der Waals surface area contributed by atoms with Gasteiger partial charge < -0.3 is 14.8 Å². The lowest BCUT2D eigenvalue weighted by Gasteiger charge is -2.37. The van der Waals surface area contributed by atoms with E-state index in [1.165, 1.54) is 6.20 Å². The van der Waals surface area contributed by atoms with E-state index in [0.717, 1.165) is 12.8 Å². The molecule has 0 aliphatic carbocycles. The van der Waals surface area contributed by atoms with E-state index in [2.05, 4.69) is 35.9 Å². The third kappa shape index (κ3) is 3.41. The van der Waals surface area contributed by atoms with Crippen LogP contribution < -0.4 is 11.2 Å². The predicted molar refractivity (Wildman–Crippen MR) is 79.5 cm³/mol. The summed E-state index contributed by atoms with van der Waals surface area (Å²) in [6.45, 7) is 3.47. The van der Waals surface area contributed by atoms with E-state index in [1.807, 2.05) is 0 Å². The zero-order valence-corrected chi connectivity index (χ0v) is 12.7. The maximum Gasteiger partial charge on any atom is 0.325 e. The second-order valence-electron chi connectivity index (χ2n) is 5.82. The van der Waals surface area contributed by atoms with Gasteiger partial charge in [0.1, 0.15) is 5.56 Å². The van der Waals surface area contributed by atoms with Crippen molar-refractivity contribution >= 4 is 5.91 Å². The molecule has 21 heavy (non-hydrogen) atoms. The Labute approximate surface area is 123 Å². The number of likely N-dealkylation sites (tertiary alicyclic amines) is 1. The molecule has 1 amide bonds. The minimum Gasteiger partial charge on any atom is -0.338 e. The van der Waals surface area contributed by atoms with Gasteiger partial charge >= 0.3 is 5.69 Å². The average molecular weight is 294 g/mol. The number of nitrogens with zero attached hydrogens (tertiary/aromatic N) is 2. The molecule has 1 aliphatic rings. The van der Waals surface area contributed by atoms with Crippen LogP contribution in [-0.4, -0.2) is 58.9 Å². The highest BCUT2D eigenvalue weighted by Gasteiger charge is 2.28. The molecule has 1 atom stereocenters. The van der Waals surface area contributed by atoms with E-state index in [9.17, 15) is 14.4 Å². The summed E-state index contributed by atoms with van der Waals surface area (Å²) in [5, 5.41) is 0. The number of H-pyrrole nitrogens is 2. The van der Waals surface area contributed by atoms with Crippen LogP contribution in [0, 0.1) is 5.92 Å². The van der Waals surface area contributed by atoms with Gasteiger partial charge in [-0.05, 0) is 39.8 Å². The van der Waals surface area contributed by atoms with Gasteiger partial charge in [0.15, 0.2) is 0 Å². The number of carbonyl (C=O) groups is 1. The van der Waals surface area contributed by atoms with Crippen molar-refractivity contribution in [1.29, 1.82) is 0 Å². The van der Waals surface area contributed by atoms with E-state index in [4.69, 9.17) is 0 Å². The molecule has 1 aromatic rings. The summed E-state index contributed by atoms with van der Waals surface area (Å²) in [6, 6.07) is 0.471. The maximum absolute atomic E-state index is 12.3. The van der Waals surface area contributed by atoms with Crippen LogP contribution in [0.25, 0.3) is 0 Å². The molecule has 0 bridgehead atoms. The first-order valence-corrected chi connectivity index (χ1v) is 7.18. The topological polar surface area (TPSA) is 89.3 Å². The molecule has 1 aliphatic heterocycles. The molecule has 2 rings (SSSR count). The molecule has 0 saturated carbocycles. The quantitative estimate of drug-likeness (QED) is 0.812. The fourth-order valence-corrected chi connectivity index (χ4v) is 2.75. The number of rotatable bonds is 3. The molecule has 1 fully saturated rings. The Balaban J connectivity index is 2.03. The molecular weight excluding hydrogens is 272 g/mol. The summed E-state index contributed by atoms with van der Waals surface area (Å²) in [7, 11) is 4.12. The summed E-state index contributed by atoms with van der Waals surface area (Å²) in [6.07, 6.45) is 3.04. The minimum atomic E-state index is -0.632. The third-order valence-electron chi connectivity index (χ3n) is 4.37. The standard InChI is InChI=1S/C14H22N4O3/c1-9(17(2)3)10-4-6-18(7-5-10)13(20)11-8-15-14(21)16-12(11)19/h8-10H,4-7H2,1-3H3,(H2,15,16,19,21)/t9-/m1/s1. The monoisotopic (exact) mass is 294 g/mol. The number of hydrogen-bond donors (Lipinski definition) is 2. The zero-order valence-electron chi connectivity index (χ0n) is 12.7. The summed E-state index contributed by atoms with van der Waals surface area (Å²) in [5.74, 6) is 0.237. The Morgan fingerprint density at radius 2 is 1.95 bits per heavy atom. The highest BCUT2D eigenvalue weighted by Crippen LogP contribution is 2.23. The predicted octanol–water partition coefficient (Wildman–Crippen LogP) is -0.134. The Kier molecular flexibility index (Phi) is 4.62. The van der Waals surface area contributed by atoms with Crippen molar-refractivity contribution in [3.8, 4) is 0 Å². The van der Waals surface area contributed by atoms with Gasteiger partial charge in [-0.15, -0.1) is 0 Å². The number of hydrogen-bond acceptors (Lipinski definition) is 4. The van der Waals surface area contributed by atoms with Gasteiger partial charge in [0.05, 0.1) is 0 Å². The second-order valence-corrected chi connectivity index (χ2v) is 5.82. The maximum atomic E-state index is 12.3. The van der Waals surface area contributed by atoms with Crippen LogP contribution >= 0.6 is 0 Å². The highest BCUT2D eigenvalue weighted by atomic mass is 16.2. The first-order valence-electron chi connectivity index (χ1n) is 7.18. The molecule has 7 nitrogen and oxygen atoms in total. The fraction of sp³-hybridized carbons (Fsp3) is 0.643. The summed E-state index contributed by atoms with van der Waals surface area (Å²) >= 11 is 0. The number of amides is 1. The minimum absolute atomic E-state index is 0.00583. The van der Waals surface area contributed by atoms with Crippen LogP contribution in [0.1, 0.15) is 30.1 Å². The van der Waals surface area contributed by atoms with E-state index < -0.39 is 11.2 Å². The van der Waals surface area contributed by atoms with Crippen molar-refractivity contribution in [2.24, 2.45) is 5.92 Å². The Bertz CT molecular complexity index is 611. The van der Waals surface area contributed by atoms with Crippen molar-refractivity contribution < 1.29 is 4.79 Å². The molecule has 7 heteroatoms. The smallest absolute Gasteiger partial charge is 0.325 e. The highest BCUT2D eigenvalue weighted by molar-refractivity contribution is 5.93. The molecule has 0 spiro atoms. The Hall–Kier alpha value is -1.89. The first-order chi connectivity index (χ1) is 9.90. The van der Waals surface area contributed by atoms with Gasteiger partial charge in [0.2, 0.25) is 0 Å². The molecule has 2 N–H and O–H groups in total. The van der Waals surface area contributed by atoms with E-state index in [0.29, 0.717) is 25.0 Å². The van der Waals surface area contributed by atoms with Gasteiger partial charge in [-0.25, -0.2) is 4.79 Å².